The molecule has 2 aromatic heterocycles. The molecule has 2 heterocycles. The van der Waals surface area contributed by atoms with Crippen molar-refractivity contribution in [2.45, 2.75) is 39.7 Å². The molecule has 1 unspecified atom stereocenters. The van der Waals surface area contributed by atoms with Gasteiger partial charge in [-0.05, 0) is 44.7 Å². The molecule has 1 atom stereocenters. The van der Waals surface area contributed by atoms with E-state index in [4.69, 9.17) is 0 Å². The SMILES string of the molecule is Cc1ccccc1C(O)CCc1c(C(=O)N(C)C)cn2c(C)c(C)nc2c1O. The molecule has 0 aliphatic carbocycles. The summed E-state index contributed by atoms with van der Waals surface area (Å²) in [5.74, 6) is -0.191. The van der Waals surface area contributed by atoms with Crippen molar-refractivity contribution in [1.29, 1.82) is 0 Å². The zero-order valence-electron chi connectivity index (χ0n) is 17.0. The van der Waals surface area contributed by atoms with Crippen LogP contribution in [0.25, 0.3) is 5.65 Å². The molecule has 0 aliphatic rings. The Bertz CT molecular complexity index is 1040. The molecular weight excluding hydrogens is 354 g/mol. The predicted octanol–water partition coefficient (Wildman–Crippen LogP) is 3.33. The summed E-state index contributed by atoms with van der Waals surface area (Å²) in [6, 6.07) is 7.68. The van der Waals surface area contributed by atoms with E-state index < -0.39 is 6.10 Å². The van der Waals surface area contributed by atoms with Crippen molar-refractivity contribution in [3.63, 3.8) is 0 Å². The summed E-state index contributed by atoms with van der Waals surface area (Å²) < 4.78 is 1.75. The van der Waals surface area contributed by atoms with Crippen molar-refractivity contribution in [3.05, 3.63) is 64.1 Å². The van der Waals surface area contributed by atoms with Crippen molar-refractivity contribution < 1.29 is 15.0 Å². The summed E-state index contributed by atoms with van der Waals surface area (Å²) in [5.41, 5.74) is 4.93. The van der Waals surface area contributed by atoms with Crippen molar-refractivity contribution in [2.24, 2.45) is 0 Å². The lowest BCUT2D eigenvalue weighted by atomic mass is 9.95. The highest BCUT2D eigenvalue weighted by atomic mass is 16.3. The van der Waals surface area contributed by atoms with Gasteiger partial charge in [-0.2, -0.15) is 0 Å². The van der Waals surface area contributed by atoms with Crippen molar-refractivity contribution in [1.82, 2.24) is 14.3 Å². The van der Waals surface area contributed by atoms with Crippen molar-refractivity contribution in [3.8, 4) is 5.75 Å². The Balaban J connectivity index is 2.03. The van der Waals surface area contributed by atoms with Crippen LogP contribution in [0.5, 0.6) is 5.75 Å². The largest absolute Gasteiger partial charge is 0.504 e. The number of benzene rings is 1. The second kappa shape index (κ2) is 7.64. The molecule has 0 spiro atoms. The highest BCUT2D eigenvalue weighted by molar-refractivity contribution is 5.96. The molecule has 1 aromatic carbocycles. The first-order valence-electron chi connectivity index (χ1n) is 9.37. The first-order chi connectivity index (χ1) is 13.2. The first-order valence-corrected chi connectivity index (χ1v) is 9.37. The van der Waals surface area contributed by atoms with Gasteiger partial charge >= 0.3 is 0 Å². The first kappa shape index (κ1) is 19.9. The topological polar surface area (TPSA) is 78.1 Å². The van der Waals surface area contributed by atoms with Crippen LogP contribution in [0.3, 0.4) is 0 Å². The summed E-state index contributed by atoms with van der Waals surface area (Å²) in [7, 11) is 3.36. The molecule has 6 nitrogen and oxygen atoms in total. The highest BCUT2D eigenvalue weighted by Gasteiger charge is 2.23. The lowest BCUT2D eigenvalue weighted by Crippen LogP contribution is -2.24. The molecule has 3 aromatic rings. The molecule has 0 radical (unpaired) electrons. The van der Waals surface area contributed by atoms with Gasteiger partial charge < -0.3 is 19.5 Å². The summed E-state index contributed by atoms with van der Waals surface area (Å²) >= 11 is 0. The minimum atomic E-state index is -0.678. The van der Waals surface area contributed by atoms with E-state index in [2.05, 4.69) is 4.98 Å². The maximum atomic E-state index is 12.8. The second-order valence-electron chi connectivity index (χ2n) is 7.46. The van der Waals surface area contributed by atoms with Gasteiger partial charge in [0.2, 0.25) is 0 Å². The molecule has 2 N–H and O–H groups in total. The van der Waals surface area contributed by atoms with Gasteiger partial charge in [0.25, 0.3) is 5.91 Å². The monoisotopic (exact) mass is 381 g/mol. The molecule has 0 fully saturated rings. The number of hydrogen-bond donors (Lipinski definition) is 2. The van der Waals surface area contributed by atoms with Gasteiger partial charge in [0.15, 0.2) is 11.4 Å². The lowest BCUT2D eigenvalue weighted by Gasteiger charge is -2.18. The minimum absolute atomic E-state index is 0.000818. The number of rotatable bonds is 5. The number of carbonyl (C=O) groups excluding carboxylic acids is 1. The third-order valence-electron chi connectivity index (χ3n) is 5.32. The van der Waals surface area contributed by atoms with Crippen LogP contribution in [0.15, 0.2) is 30.5 Å². The van der Waals surface area contributed by atoms with Crippen molar-refractivity contribution >= 4 is 11.6 Å². The van der Waals surface area contributed by atoms with E-state index in [0.29, 0.717) is 29.6 Å². The molecule has 6 heteroatoms. The fraction of sp³-hybridized carbons (Fsp3) is 0.364. The van der Waals surface area contributed by atoms with Crippen molar-refractivity contribution in [2.75, 3.05) is 14.1 Å². The number of carbonyl (C=O) groups is 1. The smallest absolute Gasteiger partial charge is 0.255 e. The van der Waals surface area contributed by atoms with Crippen LogP contribution >= 0.6 is 0 Å². The number of aliphatic hydroxyl groups is 1. The molecule has 28 heavy (non-hydrogen) atoms. The number of nitrogens with zero attached hydrogens (tertiary/aromatic N) is 3. The van der Waals surface area contributed by atoms with E-state index >= 15 is 0 Å². The fourth-order valence-electron chi connectivity index (χ4n) is 3.50. The van der Waals surface area contributed by atoms with Crippen LogP contribution < -0.4 is 0 Å². The third-order valence-corrected chi connectivity index (χ3v) is 5.32. The number of pyridine rings is 1. The summed E-state index contributed by atoms with van der Waals surface area (Å²) in [6.07, 6.45) is 1.81. The van der Waals surface area contributed by atoms with E-state index in [-0.39, 0.29) is 11.7 Å². The number of fused-ring (bicyclic) bond motifs is 1. The summed E-state index contributed by atoms with van der Waals surface area (Å²) in [4.78, 5) is 18.7. The average Bonchev–Trinajstić information content (AvgIpc) is 2.95. The number of amides is 1. The van der Waals surface area contributed by atoms with Crippen LogP contribution in [0, 0.1) is 20.8 Å². The molecule has 0 bridgehead atoms. The maximum absolute atomic E-state index is 12.8. The van der Waals surface area contributed by atoms with E-state index in [1.54, 1.807) is 24.7 Å². The van der Waals surface area contributed by atoms with Crippen LogP contribution in [-0.4, -0.2) is 44.5 Å². The Kier molecular flexibility index (Phi) is 5.42. The number of aryl methyl sites for hydroxylation is 3. The van der Waals surface area contributed by atoms with Gasteiger partial charge in [-0.15, -0.1) is 0 Å². The van der Waals surface area contributed by atoms with Crippen LogP contribution in [0.4, 0.5) is 0 Å². The predicted molar refractivity (Wildman–Crippen MR) is 109 cm³/mol. The van der Waals surface area contributed by atoms with Gasteiger partial charge in [0.1, 0.15) is 0 Å². The Morgan fingerprint density at radius 3 is 2.54 bits per heavy atom. The number of imidazole rings is 1. The third kappa shape index (κ3) is 3.47. The average molecular weight is 381 g/mol. The highest BCUT2D eigenvalue weighted by Crippen LogP contribution is 2.32. The maximum Gasteiger partial charge on any atom is 0.255 e. The summed E-state index contributed by atoms with van der Waals surface area (Å²) in [6.45, 7) is 5.73. The molecule has 148 valence electrons. The van der Waals surface area contributed by atoms with E-state index in [1.165, 1.54) is 4.90 Å². The summed E-state index contributed by atoms with van der Waals surface area (Å²) in [5, 5.41) is 21.6. The molecule has 0 saturated heterocycles. The zero-order chi connectivity index (χ0) is 20.6. The van der Waals surface area contributed by atoms with E-state index in [1.807, 2.05) is 45.0 Å². The number of aliphatic hydroxyl groups excluding tert-OH is 1. The Morgan fingerprint density at radius 1 is 1.21 bits per heavy atom. The van der Waals surface area contributed by atoms with Crippen LogP contribution in [0.1, 0.15) is 51.0 Å². The normalized spacial score (nSPS) is 12.4. The fourth-order valence-corrected chi connectivity index (χ4v) is 3.50. The molecule has 1 amide bonds. The van der Waals surface area contributed by atoms with E-state index in [0.717, 1.165) is 22.5 Å². The number of aromatic hydroxyl groups is 1. The standard InChI is InChI=1S/C22H27N3O3/c1-13-8-6-7-9-16(13)19(26)11-10-17-18(22(28)24(4)5)12-25-15(3)14(2)23-21(25)20(17)27/h6-9,12,19,26-27H,10-11H2,1-5H3. The van der Waals surface area contributed by atoms with Gasteiger partial charge in [0.05, 0.1) is 17.4 Å². The number of hydrogen-bond acceptors (Lipinski definition) is 4. The van der Waals surface area contributed by atoms with Gasteiger partial charge in [-0.25, -0.2) is 4.98 Å². The Hall–Kier alpha value is -2.86. The minimum Gasteiger partial charge on any atom is -0.504 e. The van der Waals surface area contributed by atoms with Gasteiger partial charge in [-0.3, -0.25) is 4.79 Å². The second-order valence-corrected chi connectivity index (χ2v) is 7.46. The Labute approximate surface area is 165 Å². The quantitative estimate of drug-likeness (QED) is 0.711. The van der Waals surface area contributed by atoms with E-state index in [9.17, 15) is 15.0 Å². The van der Waals surface area contributed by atoms with Crippen LogP contribution in [-0.2, 0) is 6.42 Å². The zero-order valence-corrected chi connectivity index (χ0v) is 17.0. The lowest BCUT2D eigenvalue weighted by molar-refractivity contribution is 0.0824. The molecule has 0 aliphatic heterocycles. The number of aromatic nitrogens is 2. The molecular formula is C22H27N3O3. The van der Waals surface area contributed by atoms with Gasteiger partial charge in [-0.1, -0.05) is 24.3 Å². The van der Waals surface area contributed by atoms with Gasteiger partial charge in [0, 0.05) is 31.5 Å². The van der Waals surface area contributed by atoms with Crippen LogP contribution in [0.2, 0.25) is 0 Å². The Morgan fingerprint density at radius 2 is 1.89 bits per heavy atom. The molecule has 0 saturated carbocycles. The molecule has 3 rings (SSSR count).